The number of ether oxygens (including phenoxy) is 2. The predicted octanol–water partition coefficient (Wildman–Crippen LogP) is 3.76. The predicted molar refractivity (Wildman–Crippen MR) is 92.2 cm³/mol. The zero-order valence-corrected chi connectivity index (χ0v) is 14.5. The van der Waals surface area contributed by atoms with Crippen LogP contribution in [-0.2, 0) is 0 Å². The number of rotatable bonds is 8. The number of hydrogen-bond acceptors (Lipinski definition) is 6. The maximum absolute atomic E-state index is 12.6. The van der Waals surface area contributed by atoms with Crippen molar-refractivity contribution < 1.29 is 31.8 Å². The number of nitrogens with zero attached hydrogens (tertiary/aromatic N) is 4. The Bertz CT molecular complexity index is 1010. The van der Waals surface area contributed by atoms with Crippen LogP contribution in [0.4, 0.5) is 17.6 Å². The second kappa shape index (κ2) is 8.95. The maximum Gasteiger partial charge on any atom is 0.387 e. The van der Waals surface area contributed by atoms with Crippen molar-refractivity contribution in [3.63, 3.8) is 0 Å². The maximum atomic E-state index is 12.6. The van der Waals surface area contributed by atoms with Gasteiger partial charge < -0.3 is 9.47 Å². The number of halogens is 4. The number of tetrazole rings is 1. The Kier molecular flexibility index (Phi) is 6.17. The average Bonchev–Trinajstić information content (AvgIpc) is 3.21. The van der Waals surface area contributed by atoms with E-state index in [-0.39, 0.29) is 11.3 Å². The van der Waals surface area contributed by atoms with Crippen molar-refractivity contribution in [1.82, 2.24) is 20.2 Å². The van der Waals surface area contributed by atoms with E-state index in [1.54, 1.807) is 24.3 Å². The molecule has 0 amide bonds. The molecule has 0 aliphatic rings. The molecule has 0 bridgehead atoms. The lowest BCUT2D eigenvalue weighted by Gasteiger charge is -2.11. The minimum atomic E-state index is -3.19. The fourth-order valence-corrected chi connectivity index (χ4v) is 2.37. The van der Waals surface area contributed by atoms with E-state index >= 15 is 0 Å². The minimum Gasteiger partial charge on any atom is -0.435 e. The molecule has 0 N–H and O–H groups in total. The van der Waals surface area contributed by atoms with E-state index in [4.69, 9.17) is 0 Å². The monoisotopic (exact) mass is 408 g/mol. The molecule has 0 saturated heterocycles. The third kappa shape index (κ3) is 5.37. The molecule has 3 aromatic rings. The van der Waals surface area contributed by atoms with E-state index in [9.17, 15) is 22.4 Å². The van der Waals surface area contributed by atoms with Gasteiger partial charge in [-0.2, -0.15) is 17.6 Å². The molecular formula is C18H12F4N4O3. The summed E-state index contributed by atoms with van der Waals surface area (Å²) in [6, 6.07) is 9.66. The molecule has 0 fully saturated rings. The van der Waals surface area contributed by atoms with Crippen molar-refractivity contribution in [3.05, 3.63) is 66.0 Å². The Morgan fingerprint density at radius 3 is 2.52 bits per heavy atom. The van der Waals surface area contributed by atoms with E-state index < -0.39 is 24.8 Å². The van der Waals surface area contributed by atoms with Gasteiger partial charge in [-0.05, 0) is 46.8 Å². The highest BCUT2D eigenvalue weighted by molar-refractivity contribution is 6.07. The first kappa shape index (κ1) is 20.0. The Labute approximate surface area is 161 Å². The van der Waals surface area contributed by atoms with Gasteiger partial charge in [0.2, 0.25) is 0 Å². The lowest BCUT2D eigenvalue weighted by molar-refractivity contribution is -0.0543. The van der Waals surface area contributed by atoms with E-state index in [0.29, 0.717) is 11.3 Å². The van der Waals surface area contributed by atoms with Crippen LogP contribution in [0.15, 0.2) is 54.9 Å². The van der Waals surface area contributed by atoms with Crippen LogP contribution >= 0.6 is 0 Å². The van der Waals surface area contributed by atoms with Gasteiger partial charge in [0.1, 0.15) is 17.8 Å². The molecule has 0 unspecified atom stereocenters. The van der Waals surface area contributed by atoms with Crippen LogP contribution in [-0.4, -0.2) is 39.2 Å². The van der Waals surface area contributed by atoms with Crippen molar-refractivity contribution in [2.45, 2.75) is 13.2 Å². The second-order valence-electron chi connectivity index (χ2n) is 5.46. The zero-order valence-electron chi connectivity index (χ0n) is 14.5. The molecule has 3 rings (SSSR count). The molecule has 150 valence electrons. The smallest absolute Gasteiger partial charge is 0.387 e. The average molecular weight is 408 g/mol. The number of aromatic nitrogens is 4. The Morgan fingerprint density at radius 1 is 1.03 bits per heavy atom. The summed E-state index contributed by atoms with van der Waals surface area (Å²) in [6.07, 6.45) is 3.73. The first-order valence-electron chi connectivity index (χ1n) is 8.02. The third-order valence-corrected chi connectivity index (χ3v) is 3.58. The normalized spacial score (nSPS) is 11.4. The first-order chi connectivity index (χ1) is 13.9. The highest BCUT2D eigenvalue weighted by Crippen LogP contribution is 2.28. The zero-order chi connectivity index (χ0) is 20.8. The number of carbonyl (C=O) groups excluding carboxylic acids is 1. The van der Waals surface area contributed by atoms with E-state index in [2.05, 4.69) is 25.0 Å². The highest BCUT2D eigenvalue weighted by Gasteiger charge is 2.13. The Balaban J connectivity index is 1.83. The first-order valence-corrected chi connectivity index (χ1v) is 8.02. The molecule has 0 aliphatic heterocycles. The molecule has 0 atom stereocenters. The number of ketones is 1. The summed E-state index contributed by atoms with van der Waals surface area (Å²) in [6.45, 7) is -6.31. The van der Waals surface area contributed by atoms with Crippen LogP contribution in [0, 0.1) is 0 Å². The molecule has 0 aliphatic carbocycles. The SMILES string of the molecule is O=C(/C=C/c1ccc(OC(F)F)cc1OC(F)F)c1cccc(-n2cnnn2)c1. The van der Waals surface area contributed by atoms with Crippen molar-refractivity contribution >= 4 is 11.9 Å². The molecule has 2 aromatic carbocycles. The number of hydrogen-bond donors (Lipinski definition) is 0. The quantitative estimate of drug-likeness (QED) is 0.321. The number of alkyl halides is 4. The summed E-state index contributed by atoms with van der Waals surface area (Å²) in [5, 5.41) is 10.7. The number of benzene rings is 2. The van der Waals surface area contributed by atoms with Gasteiger partial charge in [0.05, 0.1) is 5.69 Å². The van der Waals surface area contributed by atoms with Crippen molar-refractivity contribution in [2.75, 3.05) is 0 Å². The highest BCUT2D eigenvalue weighted by atomic mass is 19.3. The molecule has 1 heterocycles. The molecule has 7 nitrogen and oxygen atoms in total. The minimum absolute atomic E-state index is 0.0805. The Morgan fingerprint density at radius 2 is 1.83 bits per heavy atom. The van der Waals surface area contributed by atoms with E-state index in [0.717, 1.165) is 18.2 Å². The Hall–Kier alpha value is -3.76. The largest absolute Gasteiger partial charge is 0.435 e. The number of allylic oxidation sites excluding steroid dienone is 1. The topological polar surface area (TPSA) is 79.1 Å². The van der Waals surface area contributed by atoms with Crippen LogP contribution < -0.4 is 9.47 Å². The molecule has 0 spiro atoms. The third-order valence-electron chi connectivity index (χ3n) is 3.58. The van der Waals surface area contributed by atoms with Crippen molar-refractivity contribution in [2.24, 2.45) is 0 Å². The summed E-state index contributed by atoms with van der Waals surface area (Å²) in [5.74, 6) is -1.20. The van der Waals surface area contributed by atoms with Gasteiger partial charge in [0.25, 0.3) is 0 Å². The molecule has 11 heteroatoms. The van der Waals surface area contributed by atoms with Crippen molar-refractivity contribution in [1.29, 1.82) is 0 Å². The van der Waals surface area contributed by atoms with Crippen LogP contribution in [0.2, 0.25) is 0 Å². The summed E-state index contributed by atoms with van der Waals surface area (Å²) < 4.78 is 59.7. The fraction of sp³-hybridized carbons (Fsp3) is 0.111. The van der Waals surface area contributed by atoms with Crippen LogP contribution in [0.25, 0.3) is 11.8 Å². The number of carbonyl (C=O) groups is 1. The van der Waals surface area contributed by atoms with Gasteiger partial charge in [-0.3, -0.25) is 4.79 Å². The molecule has 0 saturated carbocycles. The van der Waals surface area contributed by atoms with Crippen LogP contribution in [0.5, 0.6) is 11.5 Å². The van der Waals surface area contributed by atoms with Gasteiger partial charge in [0, 0.05) is 17.2 Å². The fourth-order valence-electron chi connectivity index (χ4n) is 2.37. The molecular weight excluding hydrogens is 396 g/mol. The summed E-state index contributed by atoms with van der Waals surface area (Å²) in [5.41, 5.74) is 0.921. The lowest BCUT2D eigenvalue weighted by atomic mass is 10.1. The molecule has 0 radical (unpaired) electrons. The van der Waals surface area contributed by atoms with Gasteiger partial charge in [0.15, 0.2) is 5.78 Å². The standard InChI is InChI=1S/C18H12F4N4O3/c19-17(20)28-14-6-4-11(16(9-14)29-18(21)22)5-7-15(27)12-2-1-3-13(8-12)26-10-23-24-25-26/h1-10,17-18H/b7-5+. The van der Waals surface area contributed by atoms with Gasteiger partial charge >= 0.3 is 13.2 Å². The summed E-state index contributed by atoms with van der Waals surface area (Å²) in [4.78, 5) is 12.4. The summed E-state index contributed by atoms with van der Waals surface area (Å²) >= 11 is 0. The molecule has 29 heavy (non-hydrogen) atoms. The van der Waals surface area contributed by atoms with Crippen LogP contribution in [0.1, 0.15) is 15.9 Å². The van der Waals surface area contributed by atoms with Crippen molar-refractivity contribution in [3.8, 4) is 17.2 Å². The van der Waals surface area contributed by atoms with E-state index in [1.165, 1.54) is 23.2 Å². The van der Waals surface area contributed by atoms with Gasteiger partial charge in [-0.25, -0.2) is 4.68 Å². The van der Waals surface area contributed by atoms with Crippen LogP contribution in [0.3, 0.4) is 0 Å². The summed E-state index contributed by atoms with van der Waals surface area (Å²) in [7, 11) is 0. The lowest BCUT2D eigenvalue weighted by Crippen LogP contribution is -2.06. The van der Waals surface area contributed by atoms with E-state index in [1.807, 2.05) is 0 Å². The van der Waals surface area contributed by atoms with Gasteiger partial charge in [-0.15, -0.1) is 5.10 Å². The van der Waals surface area contributed by atoms with Gasteiger partial charge in [-0.1, -0.05) is 12.1 Å². The second-order valence-corrected chi connectivity index (χ2v) is 5.46. The molecule has 1 aromatic heterocycles.